The first kappa shape index (κ1) is 9.90. The molecule has 0 radical (unpaired) electrons. The number of rotatable bonds is 2. The monoisotopic (exact) mass is 204 g/mol. The standard InChI is InChI=1S/C12H12O3/c1-2-10-11-4-3-8(6-13)5-9(11)7-15-12(10)14/h3-6,10H,2,7H2,1H3. The zero-order valence-electron chi connectivity index (χ0n) is 8.53. The van der Waals surface area contributed by atoms with Gasteiger partial charge in [0.15, 0.2) is 0 Å². The highest BCUT2D eigenvalue weighted by Crippen LogP contribution is 2.30. The minimum absolute atomic E-state index is 0.163. The molecule has 1 aromatic rings. The number of hydrogen-bond donors (Lipinski definition) is 0. The van der Waals surface area contributed by atoms with E-state index in [9.17, 15) is 9.59 Å². The van der Waals surface area contributed by atoms with Crippen LogP contribution < -0.4 is 0 Å². The minimum Gasteiger partial charge on any atom is -0.460 e. The molecular weight excluding hydrogens is 192 g/mol. The summed E-state index contributed by atoms with van der Waals surface area (Å²) in [4.78, 5) is 22.1. The first-order valence-electron chi connectivity index (χ1n) is 5.01. The molecule has 0 saturated carbocycles. The average molecular weight is 204 g/mol. The Kier molecular flexibility index (Phi) is 2.54. The van der Waals surface area contributed by atoms with Crippen LogP contribution in [0.25, 0.3) is 0 Å². The van der Waals surface area contributed by atoms with E-state index in [0.717, 1.165) is 23.8 Å². The van der Waals surface area contributed by atoms with Gasteiger partial charge in [-0.25, -0.2) is 0 Å². The van der Waals surface area contributed by atoms with Gasteiger partial charge in [-0.1, -0.05) is 19.1 Å². The zero-order valence-corrected chi connectivity index (χ0v) is 8.53. The number of ether oxygens (including phenoxy) is 1. The van der Waals surface area contributed by atoms with Crippen LogP contribution >= 0.6 is 0 Å². The van der Waals surface area contributed by atoms with Crippen molar-refractivity contribution in [3.05, 3.63) is 34.9 Å². The van der Waals surface area contributed by atoms with Crippen molar-refractivity contribution in [3.63, 3.8) is 0 Å². The molecule has 0 aromatic heterocycles. The molecule has 0 fully saturated rings. The van der Waals surface area contributed by atoms with Gasteiger partial charge in [0.05, 0.1) is 5.92 Å². The van der Waals surface area contributed by atoms with Gasteiger partial charge < -0.3 is 4.74 Å². The van der Waals surface area contributed by atoms with E-state index in [1.54, 1.807) is 12.1 Å². The van der Waals surface area contributed by atoms with Crippen LogP contribution in [0.3, 0.4) is 0 Å². The van der Waals surface area contributed by atoms with Crippen molar-refractivity contribution in [2.75, 3.05) is 0 Å². The van der Waals surface area contributed by atoms with Crippen LogP contribution in [0.4, 0.5) is 0 Å². The van der Waals surface area contributed by atoms with E-state index in [1.165, 1.54) is 0 Å². The third-order valence-corrected chi connectivity index (χ3v) is 2.74. The molecule has 0 bridgehead atoms. The molecule has 1 heterocycles. The highest BCUT2D eigenvalue weighted by atomic mass is 16.5. The van der Waals surface area contributed by atoms with Crippen LogP contribution in [0, 0.1) is 0 Å². The molecule has 1 aliphatic rings. The second-order valence-corrected chi connectivity index (χ2v) is 3.64. The highest BCUT2D eigenvalue weighted by Gasteiger charge is 2.27. The van der Waals surface area contributed by atoms with Crippen LogP contribution in [-0.2, 0) is 16.1 Å². The van der Waals surface area contributed by atoms with Gasteiger partial charge in [-0.05, 0) is 23.6 Å². The minimum atomic E-state index is -0.172. The normalized spacial score (nSPS) is 19.3. The molecule has 0 amide bonds. The van der Waals surface area contributed by atoms with Gasteiger partial charge in [-0.3, -0.25) is 9.59 Å². The van der Waals surface area contributed by atoms with Crippen LogP contribution in [0.1, 0.15) is 40.7 Å². The number of fused-ring (bicyclic) bond motifs is 1. The molecule has 0 spiro atoms. The van der Waals surface area contributed by atoms with Crippen molar-refractivity contribution in [2.24, 2.45) is 0 Å². The molecule has 78 valence electrons. The topological polar surface area (TPSA) is 43.4 Å². The fourth-order valence-electron chi connectivity index (χ4n) is 1.93. The Balaban J connectivity index is 2.46. The molecule has 1 unspecified atom stereocenters. The first-order chi connectivity index (χ1) is 7.26. The molecule has 2 rings (SSSR count). The maximum absolute atomic E-state index is 11.5. The quantitative estimate of drug-likeness (QED) is 0.547. The molecule has 0 saturated heterocycles. The molecule has 3 nitrogen and oxygen atoms in total. The largest absolute Gasteiger partial charge is 0.460 e. The maximum atomic E-state index is 11.5. The van der Waals surface area contributed by atoms with Gasteiger partial charge in [0.25, 0.3) is 0 Å². The van der Waals surface area contributed by atoms with E-state index in [2.05, 4.69) is 0 Å². The second-order valence-electron chi connectivity index (χ2n) is 3.64. The molecule has 0 N–H and O–H groups in total. The van der Waals surface area contributed by atoms with Crippen LogP contribution in [0.2, 0.25) is 0 Å². The summed E-state index contributed by atoms with van der Waals surface area (Å²) in [6.07, 6.45) is 1.53. The van der Waals surface area contributed by atoms with E-state index in [-0.39, 0.29) is 18.5 Å². The first-order valence-corrected chi connectivity index (χ1v) is 5.01. The Morgan fingerprint density at radius 1 is 1.53 bits per heavy atom. The van der Waals surface area contributed by atoms with E-state index >= 15 is 0 Å². The molecule has 15 heavy (non-hydrogen) atoms. The Labute approximate surface area is 88.1 Å². The SMILES string of the molecule is CCC1C(=O)OCc2cc(C=O)ccc21. The summed E-state index contributed by atoms with van der Waals surface area (Å²) < 4.78 is 5.05. The van der Waals surface area contributed by atoms with Crippen LogP contribution in [-0.4, -0.2) is 12.3 Å². The molecule has 0 aliphatic carbocycles. The number of benzene rings is 1. The maximum Gasteiger partial charge on any atom is 0.313 e. The van der Waals surface area contributed by atoms with Gasteiger partial charge in [-0.2, -0.15) is 0 Å². The molecule has 1 aliphatic heterocycles. The van der Waals surface area contributed by atoms with Gasteiger partial charge >= 0.3 is 5.97 Å². The lowest BCUT2D eigenvalue weighted by Gasteiger charge is -2.23. The molecule has 3 heteroatoms. The van der Waals surface area contributed by atoms with Gasteiger partial charge in [0.2, 0.25) is 0 Å². The molecule has 1 aromatic carbocycles. The summed E-state index contributed by atoms with van der Waals surface area (Å²) in [6.45, 7) is 2.24. The Morgan fingerprint density at radius 2 is 2.33 bits per heavy atom. The fraction of sp³-hybridized carbons (Fsp3) is 0.333. The Bertz CT molecular complexity index is 409. The second kappa shape index (κ2) is 3.85. The summed E-state index contributed by atoms with van der Waals surface area (Å²) in [5, 5.41) is 0. The fourth-order valence-corrected chi connectivity index (χ4v) is 1.93. The summed E-state index contributed by atoms with van der Waals surface area (Å²) in [5.74, 6) is -0.335. The predicted octanol–water partition coefficient (Wildman–Crippen LogP) is 2.05. The van der Waals surface area contributed by atoms with E-state index in [4.69, 9.17) is 4.74 Å². The van der Waals surface area contributed by atoms with E-state index in [0.29, 0.717) is 5.56 Å². The lowest BCUT2D eigenvalue weighted by Crippen LogP contribution is -2.22. The zero-order chi connectivity index (χ0) is 10.8. The summed E-state index contributed by atoms with van der Waals surface area (Å²) >= 11 is 0. The number of aldehydes is 1. The van der Waals surface area contributed by atoms with Crippen molar-refractivity contribution in [1.29, 1.82) is 0 Å². The molecule has 1 atom stereocenters. The average Bonchev–Trinajstić information content (AvgIpc) is 2.28. The lowest BCUT2D eigenvalue weighted by atomic mass is 9.89. The van der Waals surface area contributed by atoms with E-state index in [1.807, 2.05) is 13.0 Å². The lowest BCUT2D eigenvalue weighted by molar-refractivity contribution is -0.148. The number of carbonyl (C=O) groups is 2. The molecular formula is C12H12O3. The summed E-state index contributed by atoms with van der Waals surface area (Å²) in [5.41, 5.74) is 2.58. The smallest absolute Gasteiger partial charge is 0.313 e. The summed E-state index contributed by atoms with van der Waals surface area (Å²) in [7, 11) is 0. The van der Waals surface area contributed by atoms with Crippen molar-refractivity contribution in [3.8, 4) is 0 Å². The third kappa shape index (κ3) is 1.65. The Hall–Kier alpha value is -1.64. The number of esters is 1. The van der Waals surface area contributed by atoms with Crippen molar-refractivity contribution < 1.29 is 14.3 Å². The number of carbonyl (C=O) groups excluding carboxylic acids is 2. The predicted molar refractivity (Wildman–Crippen MR) is 54.7 cm³/mol. The number of cyclic esters (lactones) is 1. The van der Waals surface area contributed by atoms with Crippen molar-refractivity contribution in [1.82, 2.24) is 0 Å². The van der Waals surface area contributed by atoms with Crippen molar-refractivity contribution in [2.45, 2.75) is 25.9 Å². The summed E-state index contributed by atoms with van der Waals surface area (Å²) in [6, 6.07) is 5.39. The van der Waals surface area contributed by atoms with Crippen LogP contribution in [0.5, 0.6) is 0 Å². The van der Waals surface area contributed by atoms with Crippen LogP contribution in [0.15, 0.2) is 18.2 Å². The van der Waals surface area contributed by atoms with Gasteiger partial charge in [-0.15, -0.1) is 0 Å². The number of hydrogen-bond acceptors (Lipinski definition) is 3. The van der Waals surface area contributed by atoms with Crippen molar-refractivity contribution >= 4 is 12.3 Å². The van der Waals surface area contributed by atoms with Gasteiger partial charge in [0, 0.05) is 5.56 Å². The van der Waals surface area contributed by atoms with E-state index < -0.39 is 0 Å². The Morgan fingerprint density at radius 3 is 3.00 bits per heavy atom. The highest BCUT2D eigenvalue weighted by molar-refractivity contribution is 5.82. The third-order valence-electron chi connectivity index (χ3n) is 2.74. The van der Waals surface area contributed by atoms with Gasteiger partial charge in [0.1, 0.15) is 12.9 Å².